The Hall–Kier alpha value is -1.13. The van der Waals surface area contributed by atoms with Crippen LogP contribution in [0.1, 0.15) is 12.8 Å². The quantitative estimate of drug-likeness (QED) is 0.807. The van der Waals surface area contributed by atoms with Crippen LogP contribution < -0.4 is 10.1 Å². The average Bonchev–Trinajstić information content (AvgIpc) is 2.92. The second kappa shape index (κ2) is 4.03. The lowest BCUT2D eigenvalue weighted by atomic mass is 9.98. The molecule has 0 aliphatic carbocycles. The van der Waals surface area contributed by atoms with E-state index < -0.39 is 0 Å². The van der Waals surface area contributed by atoms with Gasteiger partial charge in [-0.25, -0.2) is 0 Å². The van der Waals surface area contributed by atoms with Gasteiger partial charge in [-0.15, -0.1) is 0 Å². The normalized spacial score (nSPS) is 33.4. The molecule has 2 atom stereocenters. The molecule has 1 spiro atoms. The van der Waals surface area contributed by atoms with E-state index >= 15 is 0 Å². The summed E-state index contributed by atoms with van der Waals surface area (Å²) in [6, 6.07) is 3.82. The number of rotatable bonds is 2. The molecule has 1 aromatic heterocycles. The third kappa shape index (κ3) is 1.90. The molecule has 3 heterocycles. The number of nitrogens with zero attached hydrogens (tertiary/aromatic N) is 1. The summed E-state index contributed by atoms with van der Waals surface area (Å²) in [6.07, 6.45) is 5.75. The first kappa shape index (κ1) is 10.1. The van der Waals surface area contributed by atoms with Crippen LogP contribution in [0.4, 0.5) is 0 Å². The van der Waals surface area contributed by atoms with Crippen LogP contribution in [0, 0.1) is 0 Å². The molecule has 4 heteroatoms. The zero-order valence-corrected chi connectivity index (χ0v) is 9.19. The number of hydrogen-bond donors (Lipinski definition) is 1. The summed E-state index contributed by atoms with van der Waals surface area (Å²) in [6.45, 7) is 2.70. The van der Waals surface area contributed by atoms with Crippen molar-refractivity contribution < 1.29 is 9.47 Å². The Morgan fingerprint density at radius 2 is 2.56 bits per heavy atom. The van der Waals surface area contributed by atoms with Crippen LogP contribution >= 0.6 is 0 Å². The third-order valence-corrected chi connectivity index (χ3v) is 3.32. The van der Waals surface area contributed by atoms with Gasteiger partial charge in [0.1, 0.15) is 11.9 Å². The first-order valence-electron chi connectivity index (χ1n) is 5.78. The van der Waals surface area contributed by atoms with E-state index in [2.05, 4.69) is 10.3 Å². The predicted molar refractivity (Wildman–Crippen MR) is 59.4 cm³/mol. The molecule has 2 saturated heterocycles. The van der Waals surface area contributed by atoms with Gasteiger partial charge in [-0.2, -0.15) is 0 Å². The lowest BCUT2D eigenvalue weighted by Gasteiger charge is -2.20. The van der Waals surface area contributed by atoms with Gasteiger partial charge in [0, 0.05) is 19.2 Å². The van der Waals surface area contributed by atoms with Crippen LogP contribution in [0.3, 0.4) is 0 Å². The maximum atomic E-state index is 5.88. The molecule has 0 bridgehead atoms. The van der Waals surface area contributed by atoms with Gasteiger partial charge in [0.25, 0.3) is 0 Å². The highest BCUT2D eigenvalue weighted by molar-refractivity contribution is 5.16. The van der Waals surface area contributed by atoms with Crippen molar-refractivity contribution in [1.82, 2.24) is 10.3 Å². The smallest absolute Gasteiger partial charge is 0.138 e. The van der Waals surface area contributed by atoms with Crippen LogP contribution in [-0.4, -0.2) is 36.4 Å². The second-order valence-corrected chi connectivity index (χ2v) is 4.55. The van der Waals surface area contributed by atoms with Crippen molar-refractivity contribution in [1.29, 1.82) is 0 Å². The molecule has 0 saturated carbocycles. The maximum Gasteiger partial charge on any atom is 0.138 e. The van der Waals surface area contributed by atoms with E-state index in [0.29, 0.717) is 6.61 Å². The molecule has 0 unspecified atom stereocenters. The summed E-state index contributed by atoms with van der Waals surface area (Å²) < 4.78 is 11.7. The van der Waals surface area contributed by atoms with Crippen molar-refractivity contribution >= 4 is 0 Å². The lowest BCUT2D eigenvalue weighted by molar-refractivity contribution is 0.0182. The van der Waals surface area contributed by atoms with Gasteiger partial charge in [0.15, 0.2) is 0 Å². The van der Waals surface area contributed by atoms with E-state index in [1.54, 1.807) is 12.4 Å². The molecule has 86 valence electrons. The number of hydrogen-bond acceptors (Lipinski definition) is 4. The summed E-state index contributed by atoms with van der Waals surface area (Å²) in [7, 11) is 0. The fourth-order valence-corrected chi connectivity index (χ4v) is 2.51. The molecule has 2 aliphatic rings. The Bertz CT molecular complexity index is 349. The summed E-state index contributed by atoms with van der Waals surface area (Å²) in [5.74, 6) is 0.833. The number of ether oxygens (including phenoxy) is 2. The van der Waals surface area contributed by atoms with Crippen LogP contribution in [0.25, 0.3) is 0 Å². The second-order valence-electron chi connectivity index (χ2n) is 4.55. The molecular formula is C12H16N2O2. The van der Waals surface area contributed by atoms with Gasteiger partial charge in [0.05, 0.1) is 18.4 Å². The van der Waals surface area contributed by atoms with Crippen molar-refractivity contribution in [3.05, 3.63) is 24.5 Å². The van der Waals surface area contributed by atoms with Crippen LogP contribution in [0.5, 0.6) is 5.75 Å². The Morgan fingerprint density at radius 1 is 1.56 bits per heavy atom. The number of aromatic nitrogens is 1. The van der Waals surface area contributed by atoms with Gasteiger partial charge in [-0.3, -0.25) is 4.98 Å². The molecule has 1 aromatic rings. The molecular weight excluding hydrogens is 204 g/mol. The third-order valence-electron chi connectivity index (χ3n) is 3.32. The lowest BCUT2D eigenvalue weighted by Crippen LogP contribution is -2.31. The predicted octanol–water partition coefficient (Wildman–Crippen LogP) is 0.981. The minimum absolute atomic E-state index is 0.0346. The van der Waals surface area contributed by atoms with Crippen LogP contribution in [0.2, 0.25) is 0 Å². The average molecular weight is 220 g/mol. The van der Waals surface area contributed by atoms with Crippen molar-refractivity contribution in [2.45, 2.75) is 24.5 Å². The first-order chi connectivity index (χ1) is 7.86. The van der Waals surface area contributed by atoms with Gasteiger partial charge in [-0.05, 0) is 25.1 Å². The summed E-state index contributed by atoms with van der Waals surface area (Å²) in [4.78, 5) is 4.04. The highest BCUT2D eigenvalue weighted by Gasteiger charge is 2.43. The molecule has 1 N–H and O–H groups in total. The van der Waals surface area contributed by atoms with Crippen LogP contribution in [0.15, 0.2) is 24.5 Å². The van der Waals surface area contributed by atoms with Crippen molar-refractivity contribution in [3.8, 4) is 5.75 Å². The van der Waals surface area contributed by atoms with Crippen LogP contribution in [-0.2, 0) is 4.74 Å². The Kier molecular flexibility index (Phi) is 2.53. The van der Waals surface area contributed by atoms with Crippen molar-refractivity contribution in [2.24, 2.45) is 0 Å². The summed E-state index contributed by atoms with van der Waals surface area (Å²) >= 11 is 0. The monoisotopic (exact) mass is 220 g/mol. The maximum absolute atomic E-state index is 5.88. The van der Waals surface area contributed by atoms with E-state index in [-0.39, 0.29) is 11.7 Å². The Labute approximate surface area is 95.0 Å². The fraction of sp³-hybridized carbons (Fsp3) is 0.583. The number of nitrogens with one attached hydrogen (secondary N) is 1. The zero-order valence-electron chi connectivity index (χ0n) is 9.19. The SMILES string of the molecule is c1cncc(O[C@H]2CO[C@@]3(CCNC3)C2)c1. The Morgan fingerprint density at radius 3 is 3.31 bits per heavy atom. The molecule has 2 aliphatic heterocycles. The highest BCUT2D eigenvalue weighted by atomic mass is 16.6. The van der Waals surface area contributed by atoms with E-state index in [9.17, 15) is 0 Å². The van der Waals surface area contributed by atoms with Crippen molar-refractivity contribution in [2.75, 3.05) is 19.7 Å². The van der Waals surface area contributed by atoms with Gasteiger partial charge >= 0.3 is 0 Å². The topological polar surface area (TPSA) is 43.4 Å². The molecule has 2 fully saturated rings. The molecule has 16 heavy (non-hydrogen) atoms. The molecule has 0 aromatic carbocycles. The largest absolute Gasteiger partial charge is 0.486 e. The van der Waals surface area contributed by atoms with Crippen molar-refractivity contribution in [3.63, 3.8) is 0 Å². The molecule has 3 rings (SSSR count). The van der Waals surface area contributed by atoms with E-state index in [1.165, 1.54) is 0 Å². The number of pyridine rings is 1. The minimum atomic E-state index is 0.0346. The molecule has 4 nitrogen and oxygen atoms in total. The first-order valence-corrected chi connectivity index (χ1v) is 5.78. The highest BCUT2D eigenvalue weighted by Crippen LogP contribution is 2.33. The minimum Gasteiger partial charge on any atom is -0.486 e. The Balaban J connectivity index is 1.62. The van der Waals surface area contributed by atoms with Gasteiger partial charge < -0.3 is 14.8 Å². The van der Waals surface area contributed by atoms with E-state index in [0.717, 1.165) is 31.7 Å². The zero-order chi connectivity index (χ0) is 10.8. The van der Waals surface area contributed by atoms with E-state index in [4.69, 9.17) is 9.47 Å². The molecule has 0 radical (unpaired) electrons. The van der Waals surface area contributed by atoms with Gasteiger partial charge in [-0.1, -0.05) is 0 Å². The standard InChI is InChI=1S/C12H16N2O2/c1-2-10(7-13-4-1)16-11-6-12(15-8-11)3-5-14-9-12/h1-2,4,7,11,14H,3,5-6,8-9H2/t11-,12+/m1/s1. The fourth-order valence-electron chi connectivity index (χ4n) is 2.51. The molecule has 0 amide bonds. The summed E-state index contributed by atoms with van der Waals surface area (Å²) in [5, 5.41) is 3.35. The van der Waals surface area contributed by atoms with Gasteiger partial charge in [0.2, 0.25) is 0 Å². The summed E-state index contributed by atoms with van der Waals surface area (Å²) in [5.41, 5.74) is 0.0346. The van der Waals surface area contributed by atoms with E-state index in [1.807, 2.05) is 12.1 Å².